The molecule has 0 aliphatic heterocycles. The molecule has 0 saturated carbocycles. The van der Waals surface area contributed by atoms with E-state index in [1.165, 1.54) is 6.07 Å². The molecule has 4 N–H and O–H groups in total. The van der Waals surface area contributed by atoms with Gasteiger partial charge in [0.15, 0.2) is 0 Å². The molecule has 1 aromatic carbocycles. The molecule has 0 aliphatic rings. The number of carbonyl (C=O) groups excluding carboxylic acids is 1. The van der Waals surface area contributed by atoms with E-state index in [9.17, 15) is 14.4 Å². The lowest BCUT2D eigenvalue weighted by atomic mass is 9.82. The molecular formula is C15H19NO6. The molecule has 1 amide bonds. The lowest BCUT2D eigenvalue weighted by molar-refractivity contribution is -0.147. The largest absolute Gasteiger partial charge is 0.481 e. The predicted octanol–water partition coefficient (Wildman–Crippen LogP) is 0.863. The predicted molar refractivity (Wildman–Crippen MR) is 77.3 cm³/mol. The van der Waals surface area contributed by atoms with E-state index >= 15 is 0 Å². The van der Waals surface area contributed by atoms with Crippen LogP contribution in [0.3, 0.4) is 0 Å². The van der Waals surface area contributed by atoms with Crippen LogP contribution >= 0.6 is 0 Å². The highest BCUT2D eigenvalue weighted by molar-refractivity contribution is 5.96. The molecule has 0 spiro atoms. The first-order valence-electron chi connectivity index (χ1n) is 6.63. The fourth-order valence-corrected chi connectivity index (χ4v) is 2.12. The standard InChI is InChI=1S/C15H19NO6/c1-15(2,8-11(17)18)7-9-4-3-5-10(6-9)12(19)16-13(20)14(21)22/h3-6,13,20H,7-8H2,1-2H3,(H,16,19)(H,17,18)(H,21,22). The Hall–Kier alpha value is -2.41. The number of aliphatic hydroxyl groups is 1. The molecule has 1 unspecified atom stereocenters. The quantitative estimate of drug-likeness (QED) is 0.554. The molecule has 0 aliphatic carbocycles. The second-order valence-electron chi connectivity index (χ2n) is 5.83. The molecule has 1 atom stereocenters. The number of carboxylic acid groups (broad SMARTS) is 2. The maximum atomic E-state index is 11.8. The Morgan fingerprint density at radius 1 is 1.23 bits per heavy atom. The normalized spacial score (nSPS) is 12.5. The van der Waals surface area contributed by atoms with Gasteiger partial charge >= 0.3 is 11.9 Å². The molecule has 0 heterocycles. The fourth-order valence-electron chi connectivity index (χ4n) is 2.12. The Bertz CT molecular complexity index is 581. The minimum Gasteiger partial charge on any atom is -0.481 e. The van der Waals surface area contributed by atoms with Gasteiger partial charge in [-0.15, -0.1) is 0 Å². The second kappa shape index (κ2) is 7.04. The summed E-state index contributed by atoms with van der Waals surface area (Å²) in [6, 6.07) is 6.41. The summed E-state index contributed by atoms with van der Waals surface area (Å²) >= 11 is 0. The monoisotopic (exact) mass is 309 g/mol. The van der Waals surface area contributed by atoms with Gasteiger partial charge in [-0.1, -0.05) is 26.0 Å². The highest BCUT2D eigenvalue weighted by atomic mass is 16.4. The van der Waals surface area contributed by atoms with E-state index < -0.39 is 29.5 Å². The number of carbonyl (C=O) groups is 3. The first-order chi connectivity index (χ1) is 10.1. The van der Waals surface area contributed by atoms with Crippen molar-refractivity contribution >= 4 is 17.8 Å². The first kappa shape index (κ1) is 17.6. The maximum absolute atomic E-state index is 11.8. The molecule has 1 rings (SSSR count). The molecule has 7 heteroatoms. The number of aliphatic carboxylic acids is 2. The molecule has 0 aromatic heterocycles. The molecule has 0 saturated heterocycles. The lowest BCUT2D eigenvalue weighted by Crippen LogP contribution is -2.40. The van der Waals surface area contributed by atoms with E-state index in [1.807, 2.05) is 19.2 Å². The summed E-state index contributed by atoms with van der Waals surface area (Å²) in [7, 11) is 0. The zero-order valence-corrected chi connectivity index (χ0v) is 12.4. The number of aliphatic hydroxyl groups excluding tert-OH is 1. The Morgan fingerprint density at radius 2 is 1.86 bits per heavy atom. The number of amides is 1. The third-order valence-corrected chi connectivity index (χ3v) is 3.00. The van der Waals surface area contributed by atoms with Gasteiger partial charge in [-0.2, -0.15) is 0 Å². The van der Waals surface area contributed by atoms with Gasteiger partial charge in [0.05, 0.1) is 6.42 Å². The van der Waals surface area contributed by atoms with Crippen molar-refractivity contribution in [2.75, 3.05) is 0 Å². The molecule has 0 bridgehead atoms. The van der Waals surface area contributed by atoms with E-state index in [0.717, 1.165) is 5.56 Å². The molecule has 22 heavy (non-hydrogen) atoms. The third kappa shape index (κ3) is 5.53. The van der Waals surface area contributed by atoms with Crippen molar-refractivity contribution in [1.82, 2.24) is 5.32 Å². The number of benzene rings is 1. The Kier molecular flexibility index (Phi) is 5.64. The van der Waals surface area contributed by atoms with Crippen molar-refractivity contribution in [2.45, 2.75) is 32.9 Å². The summed E-state index contributed by atoms with van der Waals surface area (Å²) in [4.78, 5) is 33.1. The van der Waals surface area contributed by atoms with Crippen molar-refractivity contribution in [1.29, 1.82) is 0 Å². The highest BCUT2D eigenvalue weighted by Gasteiger charge is 2.23. The number of rotatable bonds is 7. The Morgan fingerprint density at radius 3 is 2.41 bits per heavy atom. The fraction of sp³-hybridized carbons (Fsp3) is 0.400. The number of hydrogen-bond donors (Lipinski definition) is 4. The van der Waals surface area contributed by atoms with Crippen LogP contribution in [0.2, 0.25) is 0 Å². The first-order valence-corrected chi connectivity index (χ1v) is 6.63. The summed E-state index contributed by atoms with van der Waals surface area (Å²) in [6.45, 7) is 3.62. The van der Waals surface area contributed by atoms with E-state index in [4.69, 9.17) is 15.3 Å². The SMILES string of the molecule is CC(C)(CC(=O)O)Cc1cccc(C(=O)NC(O)C(=O)O)c1. The minimum absolute atomic E-state index is 0.0127. The summed E-state index contributed by atoms with van der Waals surface area (Å²) < 4.78 is 0. The Balaban J connectivity index is 2.84. The summed E-state index contributed by atoms with van der Waals surface area (Å²) in [5, 5.41) is 28.5. The van der Waals surface area contributed by atoms with Crippen LogP contribution < -0.4 is 5.32 Å². The van der Waals surface area contributed by atoms with E-state index in [0.29, 0.717) is 6.42 Å². The average molecular weight is 309 g/mol. The van der Waals surface area contributed by atoms with Crippen molar-refractivity contribution in [2.24, 2.45) is 5.41 Å². The van der Waals surface area contributed by atoms with Gasteiger partial charge < -0.3 is 20.6 Å². The smallest absolute Gasteiger partial charge is 0.353 e. The van der Waals surface area contributed by atoms with Crippen LogP contribution in [0.25, 0.3) is 0 Å². The van der Waals surface area contributed by atoms with Gasteiger partial charge in [-0.3, -0.25) is 9.59 Å². The molecule has 0 radical (unpaired) electrons. The van der Waals surface area contributed by atoms with Crippen LogP contribution in [-0.4, -0.2) is 39.4 Å². The highest BCUT2D eigenvalue weighted by Crippen LogP contribution is 2.26. The van der Waals surface area contributed by atoms with Gasteiger partial charge in [-0.05, 0) is 29.5 Å². The van der Waals surface area contributed by atoms with Crippen LogP contribution in [0.1, 0.15) is 36.2 Å². The van der Waals surface area contributed by atoms with Crippen LogP contribution in [0, 0.1) is 5.41 Å². The van der Waals surface area contributed by atoms with Gasteiger partial charge in [0, 0.05) is 5.56 Å². The van der Waals surface area contributed by atoms with Crippen molar-refractivity contribution in [3.05, 3.63) is 35.4 Å². The number of hydrogen-bond acceptors (Lipinski definition) is 4. The Labute approximate surface area is 127 Å². The lowest BCUT2D eigenvalue weighted by Gasteiger charge is -2.22. The van der Waals surface area contributed by atoms with E-state index in [-0.39, 0.29) is 12.0 Å². The molecule has 0 fully saturated rings. The number of carboxylic acids is 2. The molecule has 7 nitrogen and oxygen atoms in total. The third-order valence-electron chi connectivity index (χ3n) is 3.00. The zero-order valence-electron chi connectivity index (χ0n) is 12.4. The molecular weight excluding hydrogens is 290 g/mol. The second-order valence-corrected chi connectivity index (χ2v) is 5.83. The summed E-state index contributed by atoms with van der Waals surface area (Å²) in [5.41, 5.74) is 0.467. The minimum atomic E-state index is -1.97. The topological polar surface area (TPSA) is 124 Å². The number of nitrogens with one attached hydrogen (secondary N) is 1. The van der Waals surface area contributed by atoms with Crippen LogP contribution in [0.5, 0.6) is 0 Å². The van der Waals surface area contributed by atoms with Crippen LogP contribution in [0.15, 0.2) is 24.3 Å². The zero-order chi connectivity index (χ0) is 16.9. The van der Waals surface area contributed by atoms with Gasteiger partial charge in [0.25, 0.3) is 5.91 Å². The van der Waals surface area contributed by atoms with Gasteiger partial charge in [-0.25, -0.2) is 4.79 Å². The maximum Gasteiger partial charge on any atom is 0.353 e. The van der Waals surface area contributed by atoms with E-state index in [2.05, 4.69) is 0 Å². The van der Waals surface area contributed by atoms with Crippen molar-refractivity contribution < 1.29 is 29.7 Å². The van der Waals surface area contributed by atoms with Crippen molar-refractivity contribution in [3.8, 4) is 0 Å². The van der Waals surface area contributed by atoms with Crippen LogP contribution in [0.4, 0.5) is 0 Å². The van der Waals surface area contributed by atoms with E-state index in [1.54, 1.807) is 18.2 Å². The van der Waals surface area contributed by atoms with Crippen molar-refractivity contribution in [3.63, 3.8) is 0 Å². The van der Waals surface area contributed by atoms with Gasteiger partial charge in [0.2, 0.25) is 6.23 Å². The summed E-state index contributed by atoms with van der Waals surface area (Å²) in [5.74, 6) is -3.16. The summed E-state index contributed by atoms with van der Waals surface area (Å²) in [6.07, 6.45) is -1.54. The average Bonchev–Trinajstić information content (AvgIpc) is 2.36. The van der Waals surface area contributed by atoms with Crippen LogP contribution in [-0.2, 0) is 16.0 Å². The molecule has 1 aromatic rings. The van der Waals surface area contributed by atoms with Gasteiger partial charge in [0.1, 0.15) is 0 Å². The molecule has 120 valence electrons.